The number of methoxy groups -OCH3 is 3. The van der Waals surface area contributed by atoms with Crippen molar-refractivity contribution < 1.29 is 33.3 Å². The molecule has 2 aromatic rings. The smallest absolute Gasteiger partial charge is 0.312 e. The molecule has 2 aliphatic rings. The molecule has 0 saturated heterocycles. The Balaban J connectivity index is 1.96. The number of ether oxygens (including phenoxy) is 5. The number of fused-ring (bicyclic) bond motifs is 3. The van der Waals surface area contributed by atoms with E-state index in [0.29, 0.717) is 39.9 Å². The van der Waals surface area contributed by atoms with Crippen LogP contribution in [0.25, 0.3) is 0 Å². The molecular formula is C23H24O7. The van der Waals surface area contributed by atoms with Crippen LogP contribution in [0.15, 0.2) is 24.3 Å². The number of hydrogen-bond acceptors (Lipinski definition) is 7. The molecule has 4 rings (SSSR count). The molecule has 0 radical (unpaired) electrons. The third kappa shape index (κ3) is 3.24. The number of ketones is 1. The minimum atomic E-state index is -0.660. The van der Waals surface area contributed by atoms with Crippen LogP contribution in [0.4, 0.5) is 0 Å². The second-order valence-electron chi connectivity index (χ2n) is 8.00. The molecular weight excluding hydrogens is 388 g/mol. The van der Waals surface area contributed by atoms with Gasteiger partial charge in [0.1, 0.15) is 22.8 Å². The third-order valence-electron chi connectivity index (χ3n) is 5.48. The third-order valence-corrected chi connectivity index (χ3v) is 5.48. The number of benzene rings is 2. The first-order valence-corrected chi connectivity index (χ1v) is 9.67. The molecule has 158 valence electrons. The highest BCUT2D eigenvalue weighted by atomic mass is 16.5. The number of rotatable bonds is 4. The topological polar surface area (TPSA) is 80.3 Å². The van der Waals surface area contributed by atoms with Crippen LogP contribution in [-0.4, -0.2) is 38.7 Å². The molecule has 2 aromatic carbocycles. The highest BCUT2D eigenvalue weighted by Crippen LogP contribution is 2.51. The van der Waals surface area contributed by atoms with Crippen LogP contribution in [-0.2, 0) is 4.79 Å². The molecule has 0 unspecified atom stereocenters. The Morgan fingerprint density at radius 3 is 2.30 bits per heavy atom. The lowest BCUT2D eigenvalue weighted by Gasteiger charge is -2.36. The van der Waals surface area contributed by atoms with E-state index < -0.39 is 11.5 Å². The molecule has 0 aliphatic carbocycles. The van der Waals surface area contributed by atoms with Crippen molar-refractivity contribution in [2.75, 3.05) is 21.3 Å². The Kier molecular flexibility index (Phi) is 4.84. The first-order chi connectivity index (χ1) is 14.3. The molecule has 7 nitrogen and oxygen atoms in total. The van der Waals surface area contributed by atoms with Gasteiger partial charge in [-0.3, -0.25) is 9.59 Å². The number of carbonyl (C=O) groups is 2. The van der Waals surface area contributed by atoms with Gasteiger partial charge in [-0.1, -0.05) is 0 Å². The van der Waals surface area contributed by atoms with E-state index in [0.717, 1.165) is 5.56 Å². The Hall–Kier alpha value is -3.22. The van der Waals surface area contributed by atoms with E-state index in [9.17, 15) is 9.59 Å². The van der Waals surface area contributed by atoms with Crippen molar-refractivity contribution in [1.29, 1.82) is 0 Å². The maximum absolute atomic E-state index is 12.8. The van der Waals surface area contributed by atoms with Gasteiger partial charge in [0.15, 0.2) is 17.3 Å². The van der Waals surface area contributed by atoms with Crippen LogP contribution in [0.3, 0.4) is 0 Å². The van der Waals surface area contributed by atoms with Crippen LogP contribution in [0.1, 0.15) is 54.1 Å². The predicted octanol–water partition coefficient (Wildman–Crippen LogP) is 3.90. The summed E-state index contributed by atoms with van der Waals surface area (Å²) in [4.78, 5) is 25.2. The van der Waals surface area contributed by atoms with Crippen LogP contribution in [0, 0.1) is 0 Å². The van der Waals surface area contributed by atoms with Gasteiger partial charge in [-0.2, -0.15) is 0 Å². The highest BCUT2D eigenvalue weighted by molar-refractivity contribution is 6.01. The van der Waals surface area contributed by atoms with E-state index in [4.69, 9.17) is 23.7 Å². The molecule has 0 bridgehead atoms. The Bertz CT molecular complexity index is 1040. The van der Waals surface area contributed by atoms with Crippen molar-refractivity contribution >= 4 is 11.8 Å². The number of carbonyl (C=O) groups excluding carboxylic acids is 2. The quantitative estimate of drug-likeness (QED) is 0.557. The Morgan fingerprint density at radius 2 is 1.63 bits per heavy atom. The van der Waals surface area contributed by atoms with Crippen LogP contribution < -0.4 is 23.7 Å². The number of hydrogen-bond donors (Lipinski definition) is 0. The summed E-state index contributed by atoms with van der Waals surface area (Å²) < 4.78 is 28.2. The number of esters is 1. The van der Waals surface area contributed by atoms with E-state index in [1.54, 1.807) is 45.6 Å². The minimum Gasteiger partial charge on any atom is -0.496 e. The summed E-state index contributed by atoms with van der Waals surface area (Å²) in [5, 5.41) is 0. The fourth-order valence-electron chi connectivity index (χ4n) is 4.15. The van der Waals surface area contributed by atoms with Crippen LogP contribution in [0.2, 0.25) is 0 Å². The normalized spacial score (nSPS) is 19.2. The average Bonchev–Trinajstić information content (AvgIpc) is 2.70. The van der Waals surface area contributed by atoms with Gasteiger partial charge >= 0.3 is 5.97 Å². The molecule has 0 saturated carbocycles. The molecule has 7 heteroatoms. The van der Waals surface area contributed by atoms with Crippen LogP contribution >= 0.6 is 0 Å². The second-order valence-corrected chi connectivity index (χ2v) is 8.00. The fraction of sp³-hybridized carbons (Fsp3) is 0.391. The monoisotopic (exact) mass is 412 g/mol. The van der Waals surface area contributed by atoms with Gasteiger partial charge in [-0.05, 0) is 32.0 Å². The highest BCUT2D eigenvalue weighted by Gasteiger charge is 2.40. The SMILES string of the molecule is COc1cc(OC)c([C@@H]2CC(=O)Oc3ccc4c(c32)OC(C)(C)CC4=O)cc1OC. The van der Waals surface area contributed by atoms with Gasteiger partial charge in [0, 0.05) is 23.1 Å². The zero-order chi connectivity index (χ0) is 21.6. The van der Waals surface area contributed by atoms with E-state index >= 15 is 0 Å². The van der Waals surface area contributed by atoms with E-state index in [1.807, 2.05) is 13.8 Å². The van der Waals surface area contributed by atoms with Gasteiger partial charge in [-0.15, -0.1) is 0 Å². The summed E-state index contributed by atoms with van der Waals surface area (Å²) in [5.41, 5.74) is 1.22. The largest absolute Gasteiger partial charge is 0.496 e. The van der Waals surface area contributed by atoms with Gasteiger partial charge in [0.05, 0.1) is 39.7 Å². The van der Waals surface area contributed by atoms with Crippen molar-refractivity contribution in [2.45, 2.75) is 38.2 Å². The van der Waals surface area contributed by atoms with Gasteiger partial charge in [0.2, 0.25) is 0 Å². The molecule has 2 heterocycles. The standard InChI is InChI=1S/C23H24O7/c1-23(2)11-15(24)12-6-7-16-21(22(12)30-23)14(9-20(25)29-16)13-8-18(27-4)19(28-5)10-17(13)26-3/h6-8,10,14H,9,11H2,1-5H3/t14-/m0/s1. The summed E-state index contributed by atoms with van der Waals surface area (Å²) in [5.74, 6) is 1.60. The van der Waals surface area contributed by atoms with Crippen molar-refractivity contribution in [3.8, 4) is 28.7 Å². The minimum absolute atomic E-state index is 0.000948. The van der Waals surface area contributed by atoms with Crippen molar-refractivity contribution in [1.82, 2.24) is 0 Å². The summed E-state index contributed by atoms with van der Waals surface area (Å²) in [6.45, 7) is 3.74. The maximum atomic E-state index is 12.8. The van der Waals surface area contributed by atoms with Crippen LogP contribution in [0.5, 0.6) is 28.7 Å². The lowest BCUT2D eigenvalue weighted by Crippen LogP contribution is -2.37. The van der Waals surface area contributed by atoms with Gasteiger partial charge in [0.25, 0.3) is 0 Å². The molecule has 0 aromatic heterocycles. The fourth-order valence-corrected chi connectivity index (χ4v) is 4.15. The lowest BCUT2D eigenvalue weighted by molar-refractivity contribution is -0.135. The van der Waals surface area contributed by atoms with Crippen molar-refractivity contribution in [3.05, 3.63) is 41.0 Å². The molecule has 0 spiro atoms. The molecule has 0 amide bonds. The Morgan fingerprint density at radius 1 is 0.967 bits per heavy atom. The van der Waals surface area contributed by atoms with Gasteiger partial charge < -0.3 is 23.7 Å². The predicted molar refractivity (Wildman–Crippen MR) is 108 cm³/mol. The van der Waals surface area contributed by atoms with E-state index in [-0.39, 0.29) is 24.6 Å². The summed E-state index contributed by atoms with van der Waals surface area (Å²) in [6, 6.07) is 6.83. The van der Waals surface area contributed by atoms with Crippen molar-refractivity contribution in [3.63, 3.8) is 0 Å². The van der Waals surface area contributed by atoms with Gasteiger partial charge in [-0.25, -0.2) is 0 Å². The lowest BCUT2D eigenvalue weighted by atomic mass is 9.81. The Labute approximate surface area is 174 Å². The zero-order valence-electron chi connectivity index (χ0n) is 17.7. The first kappa shape index (κ1) is 20.1. The first-order valence-electron chi connectivity index (χ1n) is 9.67. The molecule has 30 heavy (non-hydrogen) atoms. The molecule has 0 fully saturated rings. The molecule has 1 atom stereocenters. The summed E-state index contributed by atoms with van der Waals surface area (Å²) in [7, 11) is 4.64. The van der Waals surface area contributed by atoms with E-state index in [1.165, 1.54) is 0 Å². The second kappa shape index (κ2) is 7.23. The van der Waals surface area contributed by atoms with E-state index in [2.05, 4.69) is 0 Å². The summed E-state index contributed by atoms with van der Waals surface area (Å²) >= 11 is 0. The zero-order valence-corrected chi connectivity index (χ0v) is 17.7. The number of Topliss-reactive ketones (excluding diaryl/α,β-unsaturated/α-hetero) is 1. The summed E-state index contributed by atoms with van der Waals surface area (Å²) in [6.07, 6.45) is 0.357. The molecule has 0 N–H and O–H groups in total. The average molecular weight is 412 g/mol. The molecule has 2 aliphatic heterocycles. The maximum Gasteiger partial charge on any atom is 0.312 e. The van der Waals surface area contributed by atoms with Crippen molar-refractivity contribution in [2.24, 2.45) is 0 Å².